The Labute approximate surface area is 346 Å². The zero-order chi connectivity index (χ0) is 36.2. The van der Waals surface area contributed by atoms with Crippen LogP contribution in [0.25, 0.3) is 11.1 Å². The smallest absolute Gasteiger partial charge is 1.00 e. The van der Waals surface area contributed by atoms with E-state index >= 15 is 0 Å². The number of hydrogen-bond acceptors (Lipinski definition) is 0. The molecule has 0 aromatic heterocycles. The molecule has 1 unspecified atom stereocenters. The summed E-state index contributed by atoms with van der Waals surface area (Å²) in [5.41, 5.74) is 14.2. The largest absolute Gasteiger partial charge is 1.00 e. The maximum Gasteiger partial charge on any atom is -1.00 e. The van der Waals surface area contributed by atoms with Crippen molar-refractivity contribution in [1.82, 2.24) is 0 Å². The van der Waals surface area contributed by atoms with Crippen molar-refractivity contribution >= 4 is 6.48 Å². The number of allylic oxidation sites excluding steroid dienone is 4. The molecular weight excluding hydrogens is 775 g/mol. The third-order valence-corrected chi connectivity index (χ3v) is 22.1. The average Bonchev–Trinajstić information content (AvgIpc) is 3.63. The summed E-state index contributed by atoms with van der Waals surface area (Å²) in [6.07, 6.45) is 15.6. The molecule has 4 aromatic rings. The average molecular weight is 833 g/mol. The van der Waals surface area contributed by atoms with Crippen LogP contribution in [0.3, 0.4) is 0 Å². The zero-order valence-electron chi connectivity index (χ0n) is 33.8. The Morgan fingerprint density at radius 3 is 1.70 bits per heavy atom. The van der Waals surface area contributed by atoms with E-state index in [9.17, 15) is 0 Å². The fraction of sp³-hybridized carbons (Fsp3) is 0.431. The summed E-state index contributed by atoms with van der Waals surface area (Å²) in [6.45, 7) is 19.7. The number of fused-ring (bicyclic) bond motifs is 3. The predicted molar refractivity (Wildman–Crippen MR) is 218 cm³/mol. The van der Waals surface area contributed by atoms with Crippen molar-refractivity contribution in [3.05, 3.63) is 145 Å². The van der Waals surface area contributed by atoms with E-state index in [1.165, 1.54) is 71.9 Å². The minimum atomic E-state index is -3.02. The van der Waals surface area contributed by atoms with Crippen LogP contribution in [0.2, 0.25) is 0 Å². The van der Waals surface area contributed by atoms with Gasteiger partial charge in [0.2, 0.25) is 0 Å². The molecule has 0 nitrogen and oxygen atoms in total. The van der Waals surface area contributed by atoms with Gasteiger partial charge in [-0.3, -0.25) is 0 Å². The van der Waals surface area contributed by atoms with Gasteiger partial charge in [0.05, 0.1) is 0 Å². The Morgan fingerprint density at radius 1 is 0.648 bits per heavy atom. The van der Waals surface area contributed by atoms with E-state index in [0.717, 1.165) is 24.2 Å². The van der Waals surface area contributed by atoms with Gasteiger partial charge < -0.3 is 24.8 Å². The van der Waals surface area contributed by atoms with Gasteiger partial charge in [-0.1, -0.05) is 0 Å². The summed E-state index contributed by atoms with van der Waals surface area (Å²) >= 11 is -3.02. The van der Waals surface area contributed by atoms with E-state index in [-0.39, 0.29) is 41.1 Å². The van der Waals surface area contributed by atoms with E-state index in [1.807, 2.05) is 0 Å². The fourth-order valence-corrected chi connectivity index (χ4v) is 21.5. The van der Waals surface area contributed by atoms with Crippen molar-refractivity contribution in [3.63, 3.8) is 0 Å². The number of benzene rings is 4. The van der Waals surface area contributed by atoms with Crippen molar-refractivity contribution in [2.24, 2.45) is 28.6 Å². The van der Waals surface area contributed by atoms with E-state index in [1.54, 1.807) is 26.5 Å². The summed E-state index contributed by atoms with van der Waals surface area (Å²) in [5, 5.41) is 0. The minimum absolute atomic E-state index is 0. The van der Waals surface area contributed by atoms with Gasteiger partial charge in [-0.15, -0.1) is 0 Å². The van der Waals surface area contributed by atoms with Crippen molar-refractivity contribution < 1.29 is 46.1 Å². The first-order valence-electron chi connectivity index (χ1n) is 20.3. The Kier molecular flexibility index (Phi) is 10.5. The summed E-state index contributed by atoms with van der Waals surface area (Å²) in [4.78, 5) is 0. The first-order chi connectivity index (χ1) is 24.7. The molecule has 0 radical (unpaired) electrons. The Hall–Kier alpha value is -2.31. The van der Waals surface area contributed by atoms with Gasteiger partial charge in [0, 0.05) is 0 Å². The van der Waals surface area contributed by atoms with Crippen LogP contribution in [0.4, 0.5) is 0 Å². The van der Waals surface area contributed by atoms with E-state index in [4.69, 9.17) is 0 Å². The van der Waals surface area contributed by atoms with E-state index in [0.29, 0.717) is 5.41 Å². The topological polar surface area (TPSA) is 0 Å². The Bertz CT molecular complexity index is 2100. The zero-order valence-corrected chi connectivity index (χ0v) is 37.7. The first kappa shape index (κ1) is 39.9. The van der Waals surface area contributed by atoms with Crippen LogP contribution in [0, 0.1) is 28.6 Å². The van der Waals surface area contributed by atoms with Gasteiger partial charge >= 0.3 is 324 Å². The fourth-order valence-electron chi connectivity index (χ4n) is 12.0. The van der Waals surface area contributed by atoms with Gasteiger partial charge in [0.1, 0.15) is 0 Å². The van der Waals surface area contributed by atoms with Gasteiger partial charge in [-0.2, -0.15) is 0 Å². The molecule has 0 saturated heterocycles. The van der Waals surface area contributed by atoms with Crippen molar-refractivity contribution in [2.45, 2.75) is 111 Å². The van der Waals surface area contributed by atoms with Crippen LogP contribution < -0.4 is 28.1 Å². The molecule has 10 rings (SSSR count). The van der Waals surface area contributed by atoms with Crippen LogP contribution in [-0.2, 0) is 38.5 Å². The molecule has 4 saturated carbocycles. The maximum atomic E-state index is 2.93. The van der Waals surface area contributed by atoms with Crippen molar-refractivity contribution in [1.29, 1.82) is 0 Å². The van der Waals surface area contributed by atoms with E-state index < -0.39 is 21.3 Å². The van der Waals surface area contributed by atoms with Crippen LogP contribution >= 0.6 is 0 Å². The molecule has 6 aliphatic carbocycles. The van der Waals surface area contributed by atoms with Crippen LogP contribution in [-0.4, -0.2) is 3.21 Å². The molecule has 54 heavy (non-hydrogen) atoms. The molecule has 0 aliphatic heterocycles. The second kappa shape index (κ2) is 14.3. The third kappa shape index (κ3) is 6.59. The molecule has 0 heterocycles. The maximum absolute atomic E-state index is 3.02. The van der Waals surface area contributed by atoms with Gasteiger partial charge in [0.25, 0.3) is 0 Å². The SMILES string of the molecule is CC1=CC(C)(C23CC4CC(CC(C4)C2)C3)C=[C]1[Zr+2](=[C](c1ccccc1)c1ccccc1)[c]1c(C(C)(C)C)ccc2c1Cc1cc(C(C)(C)C)ccc1-2.[Cl-].[Cl-]. The van der Waals surface area contributed by atoms with Gasteiger partial charge in [-0.05, 0) is 0 Å². The Morgan fingerprint density at radius 2 is 1.19 bits per heavy atom. The first-order valence-corrected chi connectivity index (χ1v) is 24.0. The second-order valence-corrected chi connectivity index (χ2v) is 25.5. The molecule has 4 bridgehead atoms. The van der Waals surface area contributed by atoms with Crippen LogP contribution in [0.15, 0.2) is 112 Å². The standard InChI is InChI=1S/C21H25.C17H23.C13H10.2ClH.Zr/c1-20(2,3)16-7-9-18-14(12-16)11-15-13-17(21(4,5)6)8-10-19(15)18;1-12-3-4-16(2,8-12)17-9-13-5-14(10-17)7-15(6-13)11-17;1-3-7-12(8-4-1)11-13-9-5-2-6-10-13;;;/h7-10,12H,11H2,1-6H3;4,8,13-15H,5-7,9-11H2,1-2H3;1-10H;2*1H;/q;;;;;+2/p-2. The normalized spacial score (nSPS) is 26.1. The third-order valence-electron chi connectivity index (χ3n) is 14.2. The molecule has 4 fully saturated rings. The monoisotopic (exact) mass is 830 g/mol. The second-order valence-electron chi connectivity index (χ2n) is 19.9. The number of hydrogen-bond donors (Lipinski definition) is 0. The summed E-state index contributed by atoms with van der Waals surface area (Å²) in [7, 11) is 0. The molecule has 280 valence electrons. The quantitative estimate of drug-likeness (QED) is 0.192. The van der Waals surface area contributed by atoms with E-state index in [2.05, 4.69) is 159 Å². The van der Waals surface area contributed by atoms with Gasteiger partial charge in [-0.25, -0.2) is 0 Å². The molecule has 1 atom stereocenters. The summed E-state index contributed by atoms with van der Waals surface area (Å²) < 4.78 is 5.13. The predicted octanol–water partition coefficient (Wildman–Crippen LogP) is 6.44. The molecule has 3 heteroatoms. The summed E-state index contributed by atoms with van der Waals surface area (Å²) in [5.74, 6) is 2.85. The van der Waals surface area contributed by atoms with Crippen LogP contribution in [0.1, 0.15) is 127 Å². The molecular formula is C51H58Cl2Zr. The molecule has 6 aliphatic rings. The van der Waals surface area contributed by atoms with Gasteiger partial charge in [0.15, 0.2) is 0 Å². The molecule has 0 amide bonds. The van der Waals surface area contributed by atoms with Crippen LogP contribution in [0.5, 0.6) is 0 Å². The summed E-state index contributed by atoms with van der Waals surface area (Å²) in [6, 6.07) is 35.6. The number of rotatable bonds is 5. The molecule has 0 spiro atoms. The van der Waals surface area contributed by atoms with Crippen molar-refractivity contribution in [2.75, 3.05) is 0 Å². The molecule has 0 N–H and O–H groups in total. The minimum Gasteiger partial charge on any atom is -1.00 e. The number of halogens is 2. The Balaban J connectivity index is 0.00000225. The molecule has 4 aromatic carbocycles. The van der Waals surface area contributed by atoms with Crippen molar-refractivity contribution in [3.8, 4) is 11.1 Å².